The van der Waals surface area contributed by atoms with Crippen LogP contribution in [0.4, 0.5) is 0 Å². The van der Waals surface area contributed by atoms with Crippen LogP contribution >= 0.6 is 0 Å². The molecule has 0 saturated heterocycles. The number of benzene rings is 1. The van der Waals surface area contributed by atoms with Crippen LogP contribution in [0.25, 0.3) is 0 Å². The van der Waals surface area contributed by atoms with Gasteiger partial charge in [0.2, 0.25) is 5.91 Å². The van der Waals surface area contributed by atoms with Gasteiger partial charge in [-0.05, 0) is 30.5 Å². The summed E-state index contributed by atoms with van der Waals surface area (Å²) >= 11 is 0. The predicted octanol–water partition coefficient (Wildman–Crippen LogP) is 2.31. The summed E-state index contributed by atoms with van der Waals surface area (Å²) in [4.78, 5) is 11.0. The van der Waals surface area contributed by atoms with Crippen LogP contribution in [-0.2, 0) is 6.54 Å². The van der Waals surface area contributed by atoms with Crippen molar-refractivity contribution >= 4 is 5.91 Å². The first kappa shape index (κ1) is 13.7. The third-order valence-electron chi connectivity index (χ3n) is 3.34. The third-order valence-corrected chi connectivity index (χ3v) is 3.34. The Hall–Kier alpha value is -1.35. The lowest BCUT2D eigenvalue weighted by Gasteiger charge is -2.20. The Morgan fingerprint density at radius 2 is 2.12 bits per heavy atom. The van der Waals surface area contributed by atoms with E-state index in [1.807, 2.05) is 18.2 Å². The van der Waals surface area contributed by atoms with E-state index in [1.165, 1.54) is 0 Å². The van der Waals surface area contributed by atoms with Crippen molar-refractivity contribution in [1.29, 1.82) is 0 Å². The van der Waals surface area contributed by atoms with Gasteiger partial charge in [0, 0.05) is 18.2 Å². The van der Waals surface area contributed by atoms with Crippen LogP contribution in [0.1, 0.15) is 43.1 Å². The van der Waals surface area contributed by atoms with Crippen LogP contribution in [0.5, 0.6) is 0 Å². The molecule has 2 unspecified atom stereocenters. The zero-order valence-electron chi connectivity index (χ0n) is 10.9. The molecule has 0 radical (unpaired) electrons. The van der Waals surface area contributed by atoms with Crippen molar-refractivity contribution in [1.82, 2.24) is 5.32 Å². The number of nitrogens with two attached hydrogens (primary N) is 1. The number of hydrogen-bond donors (Lipinski definition) is 2. The second-order valence-corrected chi connectivity index (χ2v) is 4.62. The maximum absolute atomic E-state index is 11.0. The lowest BCUT2D eigenvalue weighted by molar-refractivity contribution is 0.1000. The van der Waals surface area contributed by atoms with Gasteiger partial charge in [-0.1, -0.05) is 32.4 Å². The maximum Gasteiger partial charge on any atom is 0.248 e. The van der Waals surface area contributed by atoms with Gasteiger partial charge in [0.15, 0.2) is 0 Å². The second-order valence-electron chi connectivity index (χ2n) is 4.62. The molecule has 0 bridgehead atoms. The highest BCUT2D eigenvalue weighted by atomic mass is 16.1. The number of carbonyl (C=O) groups excluding carboxylic acids is 1. The molecule has 94 valence electrons. The average molecular weight is 234 g/mol. The second kappa shape index (κ2) is 6.40. The Labute approximate surface area is 103 Å². The van der Waals surface area contributed by atoms with Gasteiger partial charge in [-0.3, -0.25) is 4.79 Å². The first-order valence-corrected chi connectivity index (χ1v) is 6.16. The van der Waals surface area contributed by atoms with Gasteiger partial charge >= 0.3 is 0 Å². The SMILES string of the molecule is CCC(C)C(C)NCc1cccc(C(N)=O)c1. The molecule has 0 aromatic heterocycles. The smallest absolute Gasteiger partial charge is 0.248 e. The molecule has 0 fully saturated rings. The van der Waals surface area contributed by atoms with Crippen LogP contribution in [0.2, 0.25) is 0 Å². The fourth-order valence-electron chi connectivity index (χ4n) is 1.67. The topological polar surface area (TPSA) is 55.1 Å². The van der Waals surface area contributed by atoms with Crippen molar-refractivity contribution in [3.63, 3.8) is 0 Å². The van der Waals surface area contributed by atoms with E-state index in [-0.39, 0.29) is 5.91 Å². The van der Waals surface area contributed by atoms with Crippen molar-refractivity contribution in [3.8, 4) is 0 Å². The van der Waals surface area contributed by atoms with Crippen LogP contribution < -0.4 is 11.1 Å². The minimum absolute atomic E-state index is 0.373. The molecule has 0 aliphatic rings. The Balaban J connectivity index is 2.57. The van der Waals surface area contributed by atoms with Gasteiger partial charge in [-0.15, -0.1) is 0 Å². The van der Waals surface area contributed by atoms with Gasteiger partial charge in [0.25, 0.3) is 0 Å². The standard InChI is InChI=1S/C14H22N2O/c1-4-10(2)11(3)16-9-12-6-5-7-13(8-12)14(15)17/h5-8,10-11,16H,4,9H2,1-3H3,(H2,15,17). The van der Waals surface area contributed by atoms with Crippen LogP contribution in [0, 0.1) is 5.92 Å². The maximum atomic E-state index is 11.0. The van der Waals surface area contributed by atoms with Crippen LogP contribution in [0.15, 0.2) is 24.3 Å². The molecule has 0 heterocycles. The lowest BCUT2D eigenvalue weighted by Crippen LogP contribution is -2.31. The molecule has 0 spiro atoms. The molecule has 1 aromatic rings. The first-order valence-electron chi connectivity index (χ1n) is 6.16. The van der Waals surface area contributed by atoms with Crippen molar-refractivity contribution in [2.24, 2.45) is 11.7 Å². The minimum atomic E-state index is -0.373. The van der Waals surface area contributed by atoms with Gasteiger partial charge in [0.1, 0.15) is 0 Å². The van der Waals surface area contributed by atoms with Crippen molar-refractivity contribution in [3.05, 3.63) is 35.4 Å². The summed E-state index contributed by atoms with van der Waals surface area (Å²) in [5.74, 6) is 0.274. The zero-order chi connectivity index (χ0) is 12.8. The highest BCUT2D eigenvalue weighted by Gasteiger charge is 2.09. The van der Waals surface area contributed by atoms with Crippen molar-refractivity contribution in [2.75, 3.05) is 0 Å². The summed E-state index contributed by atoms with van der Waals surface area (Å²) in [6.45, 7) is 7.38. The Bertz CT molecular complexity index is 376. The summed E-state index contributed by atoms with van der Waals surface area (Å²) in [5, 5.41) is 3.46. The van der Waals surface area contributed by atoms with Gasteiger partial charge in [-0.25, -0.2) is 0 Å². The van der Waals surface area contributed by atoms with E-state index in [0.717, 1.165) is 18.5 Å². The van der Waals surface area contributed by atoms with Gasteiger partial charge in [-0.2, -0.15) is 0 Å². The molecular weight excluding hydrogens is 212 g/mol. The monoisotopic (exact) mass is 234 g/mol. The molecule has 2 atom stereocenters. The molecule has 1 aromatic carbocycles. The van der Waals surface area contributed by atoms with E-state index in [9.17, 15) is 4.79 Å². The van der Waals surface area contributed by atoms with Gasteiger partial charge < -0.3 is 11.1 Å². The fraction of sp³-hybridized carbons (Fsp3) is 0.500. The number of amides is 1. The summed E-state index contributed by atoms with van der Waals surface area (Å²) in [6, 6.07) is 7.92. The summed E-state index contributed by atoms with van der Waals surface area (Å²) in [6.07, 6.45) is 1.16. The predicted molar refractivity (Wildman–Crippen MR) is 70.7 cm³/mol. The highest BCUT2D eigenvalue weighted by Crippen LogP contribution is 2.09. The first-order chi connectivity index (χ1) is 8.04. The van der Waals surface area contributed by atoms with Crippen LogP contribution in [-0.4, -0.2) is 11.9 Å². The number of rotatable bonds is 6. The molecule has 3 nitrogen and oxygen atoms in total. The van der Waals surface area contributed by atoms with Crippen molar-refractivity contribution < 1.29 is 4.79 Å². The van der Waals surface area contributed by atoms with E-state index < -0.39 is 0 Å². The van der Waals surface area contributed by atoms with E-state index >= 15 is 0 Å². The fourth-order valence-corrected chi connectivity index (χ4v) is 1.67. The molecular formula is C14H22N2O. The number of hydrogen-bond acceptors (Lipinski definition) is 2. The molecule has 0 saturated carbocycles. The minimum Gasteiger partial charge on any atom is -0.366 e. The van der Waals surface area contributed by atoms with E-state index in [0.29, 0.717) is 17.5 Å². The van der Waals surface area contributed by atoms with E-state index in [1.54, 1.807) is 6.07 Å². The summed E-state index contributed by atoms with van der Waals surface area (Å²) in [7, 11) is 0. The highest BCUT2D eigenvalue weighted by molar-refractivity contribution is 5.92. The molecule has 17 heavy (non-hydrogen) atoms. The molecule has 3 N–H and O–H groups in total. The number of carbonyl (C=O) groups is 1. The normalized spacial score (nSPS) is 14.3. The Kier molecular flexibility index (Phi) is 5.16. The van der Waals surface area contributed by atoms with E-state index in [4.69, 9.17) is 5.73 Å². The van der Waals surface area contributed by atoms with Gasteiger partial charge in [0.05, 0.1) is 0 Å². The Morgan fingerprint density at radius 1 is 1.41 bits per heavy atom. The summed E-state index contributed by atoms with van der Waals surface area (Å²) < 4.78 is 0. The zero-order valence-corrected chi connectivity index (χ0v) is 10.9. The largest absolute Gasteiger partial charge is 0.366 e. The van der Waals surface area contributed by atoms with Crippen LogP contribution in [0.3, 0.4) is 0 Å². The molecule has 0 aliphatic heterocycles. The molecule has 3 heteroatoms. The third kappa shape index (κ3) is 4.19. The van der Waals surface area contributed by atoms with E-state index in [2.05, 4.69) is 26.1 Å². The Morgan fingerprint density at radius 3 is 2.71 bits per heavy atom. The number of primary amides is 1. The number of nitrogens with one attached hydrogen (secondary N) is 1. The average Bonchev–Trinajstić information content (AvgIpc) is 2.35. The molecule has 1 amide bonds. The lowest BCUT2D eigenvalue weighted by atomic mass is 10.0. The molecule has 0 aliphatic carbocycles. The summed E-state index contributed by atoms with van der Waals surface area (Å²) in [5.41, 5.74) is 6.91. The van der Waals surface area contributed by atoms with Crippen molar-refractivity contribution in [2.45, 2.75) is 39.8 Å². The molecule has 1 rings (SSSR count). The quantitative estimate of drug-likeness (QED) is 0.793.